The summed E-state index contributed by atoms with van der Waals surface area (Å²) in [6, 6.07) is 24.6. The number of para-hydroxylation sites is 3. The minimum Gasteiger partial charge on any atom is -0.368 e. The summed E-state index contributed by atoms with van der Waals surface area (Å²) >= 11 is 0. The number of primary amides is 1. The third-order valence-electron chi connectivity index (χ3n) is 6.33. The van der Waals surface area contributed by atoms with E-state index in [9.17, 15) is 14.4 Å². The van der Waals surface area contributed by atoms with Gasteiger partial charge in [0.2, 0.25) is 5.91 Å². The summed E-state index contributed by atoms with van der Waals surface area (Å²) in [7, 11) is 1.87. The molecule has 176 valence electrons. The lowest BCUT2D eigenvalue weighted by Gasteiger charge is -2.33. The van der Waals surface area contributed by atoms with E-state index in [-0.39, 0.29) is 6.54 Å². The number of hydrogen-bond donors (Lipinski definition) is 3. The first-order valence-corrected chi connectivity index (χ1v) is 11.3. The van der Waals surface area contributed by atoms with Gasteiger partial charge in [-0.2, -0.15) is 0 Å². The highest BCUT2D eigenvalue weighted by Crippen LogP contribution is 2.39. The molecule has 0 fully saturated rings. The van der Waals surface area contributed by atoms with Crippen molar-refractivity contribution in [1.82, 2.24) is 10.3 Å². The monoisotopic (exact) mass is 467 g/mol. The molecular weight excluding hydrogens is 442 g/mol. The fraction of sp³-hybridized carbons (Fsp3) is 0.148. The number of benzene rings is 3. The molecule has 3 amide bonds. The van der Waals surface area contributed by atoms with Crippen molar-refractivity contribution in [3.8, 4) is 0 Å². The SMILES string of the molecule is CN1c2ccccc2N(CC(N)=O)C(=O)C(NC(=O)c2cc3ccccc3[nH]2)C1c1ccccc1. The zero-order valence-corrected chi connectivity index (χ0v) is 19.1. The van der Waals surface area contributed by atoms with Crippen molar-refractivity contribution in [1.29, 1.82) is 0 Å². The number of likely N-dealkylation sites (N-methyl/N-ethyl adjacent to an activating group) is 1. The lowest BCUT2D eigenvalue weighted by atomic mass is 9.96. The second kappa shape index (κ2) is 8.98. The van der Waals surface area contributed by atoms with Crippen LogP contribution in [0.15, 0.2) is 84.9 Å². The van der Waals surface area contributed by atoms with Gasteiger partial charge in [0.05, 0.1) is 17.4 Å². The number of rotatable bonds is 5. The van der Waals surface area contributed by atoms with Crippen LogP contribution >= 0.6 is 0 Å². The molecule has 2 unspecified atom stereocenters. The van der Waals surface area contributed by atoms with Crippen LogP contribution in [0.5, 0.6) is 0 Å². The zero-order chi connectivity index (χ0) is 24.5. The van der Waals surface area contributed by atoms with Gasteiger partial charge in [0.1, 0.15) is 18.3 Å². The lowest BCUT2D eigenvalue weighted by Crippen LogP contribution is -2.54. The third kappa shape index (κ3) is 4.10. The molecule has 5 rings (SSSR count). The van der Waals surface area contributed by atoms with E-state index < -0.39 is 29.8 Å². The molecule has 4 N–H and O–H groups in total. The van der Waals surface area contributed by atoms with Crippen LogP contribution in [0.1, 0.15) is 22.1 Å². The first-order valence-electron chi connectivity index (χ1n) is 11.3. The minimum atomic E-state index is -0.993. The van der Waals surface area contributed by atoms with E-state index in [1.54, 1.807) is 18.2 Å². The smallest absolute Gasteiger partial charge is 0.268 e. The summed E-state index contributed by atoms with van der Waals surface area (Å²) in [5.74, 6) is -1.48. The number of amides is 3. The number of carbonyl (C=O) groups excluding carboxylic acids is 3. The molecule has 2 atom stereocenters. The maximum atomic E-state index is 14.0. The summed E-state index contributed by atoms with van der Waals surface area (Å²) < 4.78 is 0. The summed E-state index contributed by atoms with van der Waals surface area (Å²) in [6.45, 7) is -0.302. The molecule has 0 saturated carbocycles. The van der Waals surface area contributed by atoms with Crippen molar-refractivity contribution in [2.45, 2.75) is 12.1 Å². The second-order valence-electron chi connectivity index (χ2n) is 8.57. The Kier molecular flexibility index (Phi) is 5.70. The van der Waals surface area contributed by atoms with Crippen molar-refractivity contribution in [2.75, 3.05) is 23.4 Å². The number of carbonyl (C=O) groups is 3. The Morgan fingerprint density at radius 1 is 0.943 bits per heavy atom. The lowest BCUT2D eigenvalue weighted by molar-refractivity contribution is -0.123. The van der Waals surface area contributed by atoms with E-state index in [0.717, 1.165) is 22.2 Å². The summed E-state index contributed by atoms with van der Waals surface area (Å²) in [6.07, 6.45) is 0. The predicted octanol–water partition coefficient (Wildman–Crippen LogP) is 2.98. The normalized spacial score (nSPS) is 17.7. The van der Waals surface area contributed by atoms with E-state index in [2.05, 4.69) is 10.3 Å². The van der Waals surface area contributed by atoms with Crippen molar-refractivity contribution < 1.29 is 14.4 Å². The number of hydrogen-bond acceptors (Lipinski definition) is 4. The molecule has 35 heavy (non-hydrogen) atoms. The van der Waals surface area contributed by atoms with Gasteiger partial charge in [0, 0.05) is 18.0 Å². The van der Waals surface area contributed by atoms with E-state index in [1.807, 2.05) is 78.7 Å². The van der Waals surface area contributed by atoms with Crippen LogP contribution in [-0.4, -0.2) is 42.3 Å². The highest BCUT2D eigenvalue weighted by molar-refractivity contribution is 6.08. The van der Waals surface area contributed by atoms with Crippen molar-refractivity contribution in [3.05, 3.63) is 96.2 Å². The molecule has 0 spiro atoms. The molecule has 2 heterocycles. The van der Waals surface area contributed by atoms with Gasteiger partial charge in [-0.25, -0.2) is 0 Å². The number of fused-ring (bicyclic) bond motifs is 2. The molecule has 1 aliphatic rings. The van der Waals surface area contributed by atoms with E-state index in [4.69, 9.17) is 5.73 Å². The Bertz CT molecular complexity index is 1380. The third-order valence-corrected chi connectivity index (χ3v) is 6.33. The molecule has 0 radical (unpaired) electrons. The first-order chi connectivity index (χ1) is 16.9. The molecule has 8 heteroatoms. The van der Waals surface area contributed by atoms with E-state index in [0.29, 0.717) is 11.4 Å². The fourth-order valence-electron chi connectivity index (χ4n) is 4.73. The average molecular weight is 468 g/mol. The van der Waals surface area contributed by atoms with Gasteiger partial charge in [-0.15, -0.1) is 0 Å². The van der Waals surface area contributed by atoms with Crippen LogP contribution in [0.2, 0.25) is 0 Å². The van der Waals surface area contributed by atoms with E-state index in [1.165, 1.54) is 4.90 Å². The molecule has 8 nitrogen and oxygen atoms in total. The highest BCUT2D eigenvalue weighted by Gasteiger charge is 2.42. The molecule has 3 aromatic carbocycles. The Morgan fingerprint density at radius 2 is 1.60 bits per heavy atom. The number of aromatic amines is 1. The number of nitrogens with two attached hydrogens (primary N) is 1. The minimum absolute atomic E-state index is 0.302. The summed E-state index contributed by atoms with van der Waals surface area (Å²) in [5, 5.41) is 3.84. The van der Waals surface area contributed by atoms with Crippen molar-refractivity contribution in [2.24, 2.45) is 5.73 Å². The van der Waals surface area contributed by atoms with Gasteiger partial charge in [-0.3, -0.25) is 19.3 Å². The van der Waals surface area contributed by atoms with Crippen LogP contribution in [0, 0.1) is 0 Å². The highest BCUT2D eigenvalue weighted by atomic mass is 16.2. The number of anilines is 2. The van der Waals surface area contributed by atoms with Crippen LogP contribution in [0.4, 0.5) is 11.4 Å². The number of nitrogens with zero attached hydrogens (tertiary/aromatic N) is 2. The van der Waals surface area contributed by atoms with Gasteiger partial charge in [0.15, 0.2) is 0 Å². The number of nitrogens with one attached hydrogen (secondary N) is 2. The fourth-order valence-corrected chi connectivity index (χ4v) is 4.73. The predicted molar refractivity (Wildman–Crippen MR) is 135 cm³/mol. The Hall–Kier alpha value is -4.59. The van der Waals surface area contributed by atoms with Crippen LogP contribution in [0.25, 0.3) is 10.9 Å². The van der Waals surface area contributed by atoms with Gasteiger partial charge in [0.25, 0.3) is 11.8 Å². The van der Waals surface area contributed by atoms with Crippen LogP contribution in [0.3, 0.4) is 0 Å². The molecule has 0 aliphatic carbocycles. The Morgan fingerprint density at radius 3 is 2.31 bits per heavy atom. The molecule has 1 aromatic heterocycles. The maximum absolute atomic E-state index is 14.0. The van der Waals surface area contributed by atoms with Gasteiger partial charge < -0.3 is 20.9 Å². The molecule has 4 aromatic rings. The largest absolute Gasteiger partial charge is 0.368 e. The topological polar surface area (TPSA) is 112 Å². The van der Waals surface area contributed by atoms with Crippen LogP contribution < -0.4 is 20.9 Å². The molecular formula is C27H25N5O3. The molecule has 0 saturated heterocycles. The Balaban J connectivity index is 1.61. The second-order valence-corrected chi connectivity index (χ2v) is 8.57. The summed E-state index contributed by atoms with van der Waals surface area (Å²) in [4.78, 5) is 45.8. The van der Waals surface area contributed by atoms with Crippen molar-refractivity contribution >= 4 is 40.0 Å². The van der Waals surface area contributed by atoms with Gasteiger partial charge in [-0.05, 0) is 29.8 Å². The van der Waals surface area contributed by atoms with Gasteiger partial charge >= 0.3 is 0 Å². The van der Waals surface area contributed by atoms with Crippen LogP contribution in [-0.2, 0) is 9.59 Å². The standard InChI is InChI=1S/C27H25N5O3/c1-31-21-13-7-8-14-22(21)32(16-23(28)33)27(35)24(25(31)17-9-3-2-4-10-17)30-26(34)20-15-18-11-5-6-12-19(18)29-20/h2-15,24-25,29H,16H2,1H3,(H2,28,33)(H,30,34). The maximum Gasteiger partial charge on any atom is 0.268 e. The zero-order valence-electron chi connectivity index (χ0n) is 19.1. The number of aromatic nitrogens is 1. The van der Waals surface area contributed by atoms with E-state index >= 15 is 0 Å². The average Bonchev–Trinajstić information content (AvgIpc) is 3.28. The first kappa shape index (κ1) is 22.2. The Labute approximate surface area is 202 Å². The van der Waals surface area contributed by atoms with Gasteiger partial charge in [-0.1, -0.05) is 60.7 Å². The summed E-state index contributed by atoms with van der Waals surface area (Å²) in [5.41, 5.74) is 8.84. The number of H-pyrrole nitrogens is 1. The van der Waals surface area contributed by atoms with Crippen molar-refractivity contribution in [3.63, 3.8) is 0 Å². The molecule has 1 aliphatic heterocycles. The molecule has 0 bridgehead atoms. The quantitative estimate of drug-likeness (QED) is 0.419.